The molecule has 0 aliphatic carbocycles. The van der Waals surface area contributed by atoms with Gasteiger partial charge in [0.1, 0.15) is 5.75 Å². The topological polar surface area (TPSA) is 77.1 Å². The molecular weight excluding hydrogens is 426 g/mol. The summed E-state index contributed by atoms with van der Waals surface area (Å²) in [5.41, 5.74) is 8.50. The number of nitrogens with one attached hydrogen (secondary N) is 2. The first-order valence-corrected chi connectivity index (χ1v) is 11.3. The van der Waals surface area contributed by atoms with Crippen molar-refractivity contribution in [1.82, 2.24) is 19.9 Å². The molecule has 0 unspecified atom stereocenters. The predicted octanol–water partition coefficient (Wildman–Crippen LogP) is 5.29. The molecule has 0 bridgehead atoms. The number of benzene rings is 2. The molecule has 2 N–H and O–H groups in total. The lowest BCUT2D eigenvalue weighted by Crippen LogP contribution is -2.23. The molecule has 2 aromatic carbocycles. The van der Waals surface area contributed by atoms with E-state index in [1.807, 2.05) is 31.4 Å². The number of aromatic nitrogens is 3. The van der Waals surface area contributed by atoms with E-state index in [2.05, 4.69) is 50.6 Å². The number of aryl methyl sites for hydroxylation is 1. The van der Waals surface area contributed by atoms with Gasteiger partial charge in [-0.15, -0.1) is 0 Å². The minimum absolute atomic E-state index is 0.557. The van der Waals surface area contributed by atoms with Crippen LogP contribution in [0.5, 0.6) is 5.75 Å². The molecule has 0 spiro atoms. The Hall–Kier alpha value is -4.10. The zero-order valence-corrected chi connectivity index (χ0v) is 19.1. The van der Waals surface area contributed by atoms with Crippen molar-refractivity contribution in [3.8, 4) is 28.1 Å². The highest BCUT2D eigenvalue weighted by molar-refractivity contribution is 5.99. The Morgan fingerprint density at radius 2 is 2.03 bits per heavy atom. The van der Waals surface area contributed by atoms with Crippen LogP contribution in [0.25, 0.3) is 33.3 Å². The summed E-state index contributed by atoms with van der Waals surface area (Å²) in [6.07, 6.45) is 8.38. The van der Waals surface area contributed by atoms with Crippen LogP contribution in [-0.4, -0.2) is 28.2 Å². The maximum Gasteiger partial charge on any atom is 0.227 e. The summed E-state index contributed by atoms with van der Waals surface area (Å²) in [7, 11) is 3.72. The Balaban J connectivity index is 1.46. The van der Waals surface area contributed by atoms with Gasteiger partial charge in [0.2, 0.25) is 5.95 Å². The molecule has 34 heavy (non-hydrogen) atoms. The highest BCUT2D eigenvalue weighted by Gasteiger charge is 2.18. The second-order valence-electron chi connectivity index (χ2n) is 8.54. The van der Waals surface area contributed by atoms with Gasteiger partial charge >= 0.3 is 0 Å². The molecule has 7 nitrogen and oxygen atoms in total. The molecule has 170 valence electrons. The summed E-state index contributed by atoms with van der Waals surface area (Å²) in [5.74, 6) is 1.38. The van der Waals surface area contributed by atoms with Gasteiger partial charge in [-0.05, 0) is 54.4 Å². The number of rotatable bonds is 5. The lowest BCUT2D eigenvalue weighted by molar-refractivity contribution is 0.415. The lowest BCUT2D eigenvalue weighted by atomic mass is 10.0. The summed E-state index contributed by atoms with van der Waals surface area (Å²) in [6, 6.07) is 14.5. The van der Waals surface area contributed by atoms with Crippen LogP contribution in [-0.2, 0) is 20.0 Å². The van der Waals surface area contributed by atoms with Crippen LogP contribution >= 0.6 is 0 Å². The third-order valence-electron chi connectivity index (χ3n) is 6.42. The molecule has 3 aromatic heterocycles. The van der Waals surface area contributed by atoms with E-state index in [-0.39, 0.29) is 0 Å². The Morgan fingerprint density at radius 3 is 2.88 bits per heavy atom. The van der Waals surface area contributed by atoms with E-state index < -0.39 is 0 Å². The minimum atomic E-state index is 0.557. The fourth-order valence-corrected chi connectivity index (χ4v) is 4.64. The number of nitrogens with zero attached hydrogens (tertiary/aromatic N) is 3. The highest BCUT2D eigenvalue weighted by Crippen LogP contribution is 2.37. The standard InChI is InChI=1S/C27H25N5O2/c1-32-15-24(22-6-5-21(33-2)12-25(22)32)26-23(19-8-10-34-16-19)14-29-27(31-26)30-20-4-3-18-13-28-9-7-17(18)11-20/h3-6,8,10-12,14-16,28H,7,9,13H2,1-2H3,(H,29,30,31). The van der Waals surface area contributed by atoms with Crippen LogP contribution in [0.3, 0.4) is 0 Å². The van der Waals surface area contributed by atoms with E-state index in [1.54, 1.807) is 19.6 Å². The summed E-state index contributed by atoms with van der Waals surface area (Å²) in [6.45, 7) is 1.92. The van der Waals surface area contributed by atoms with Crippen molar-refractivity contribution in [2.45, 2.75) is 13.0 Å². The molecule has 0 saturated heterocycles. The number of methoxy groups -OCH3 is 1. The smallest absolute Gasteiger partial charge is 0.227 e. The second-order valence-corrected chi connectivity index (χ2v) is 8.54. The zero-order valence-electron chi connectivity index (χ0n) is 19.1. The normalized spacial score (nSPS) is 13.1. The van der Waals surface area contributed by atoms with Crippen LogP contribution in [0.4, 0.5) is 11.6 Å². The van der Waals surface area contributed by atoms with E-state index in [9.17, 15) is 0 Å². The molecule has 0 atom stereocenters. The molecule has 1 aliphatic rings. The van der Waals surface area contributed by atoms with Gasteiger partial charge in [0.15, 0.2) is 0 Å². The van der Waals surface area contributed by atoms with Gasteiger partial charge in [-0.25, -0.2) is 9.97 Å². The van der Waals surface area contributed by atoms with Gasteiger partial charge in [0.25, 0.3) is 0 Å². The molecule has 1 aliphatic heterocycles. The van der Waals surface area contributed by atoms with Gasteiger partial charge in [-0.1, -0.05) is 6.07 Å². The molecule has 5 aromatic rings. The minimum Gasteiger partial charge on any atom is -0.497 e. The average molecular weight is 452 g/mol. The largest absolute Gasteiger partial charge is 0.497 e. The first kappa shape index (κ1) is 20.5. The second kappa shape index (κ2) is 8.35. The van der Waals surface area contributed by atoms with Crippen molar-refractivity contribution in [3.63, 3.8) is 0 Å². The van der Waals surface area contributed by atoms with E-state index in [0.29, 0.717) is 5.95 Å². The molecule has 0 saturated carbocycles. The van der Waals surface area contributed by atoms with Gasteiger partial charge in [0.05, 0.1) is 30.8 Å². The van der Waals surface area contributed by atoms with Crippen LogP contribution in [0, 0.1) is 0 Å². The van der Waals surface area contributed by atoms with Gasteiger partial charge in [-0.3, -0.25) is 0 Å². The zero-order chi connectivity index (χ0) is 23.1. The van der Waals surface area contributed by atoms with Crippen LogP contribution in [0.1, 0.15) is 11.1 Å². The monoisotopic (exact) mass is 451 g/mol. The number of ether oxygens (including phenoxy) is 1. The van der Waals surface area contributed by atoms with Crippen molar-refractivity contribution in [2.24, 2.45) is 7.05 Å². The third-order valence-corrected chi connectivity index (χ3v) is 6.42. The molecule has 0 radical (unpaired) electrons. The van der Waals surface area contributed by atoms with Crippen molar-refractivity contribution < 1.29 is 9.15 Å². The van der Waals surface area contributed by atoms with Crippen molar-refractivity contribution in [2.75, 3.05) is 19.0 Å². The molecule has 0 amide bonds. The number of fused-ring (bicyclic) bond motifs is 2. The lowest BCUT2D eigenvalue weighted by Gasteiger charge is -2.18. The maximum atomic E-state index is 5.43. The predicted molar refractivity (Wildman–Crippen MR) is 133 cm³/mol. The number of anilines is 2. The highest BCUT2D eigenvalue weighted by atomic mass is 16.5. The fourth-order valence-electron chi connectivity index (χ4n) is 4.64. The Bertz CT molecular complexity index is 1490. The quantitative estimate of drug-likeness (QED) is 0.378. The molecule has 6 rings (SSSR count). The first-order valence-electron chi connectivity index (χ1n) is 11.3. The average Bonchev–Trinajstić information content (AvgIpc) is 3.52. The van der Waals surface area contributed by atoms with Gasteiger partial charge < -0.3 is 24.4 Å². The van der Waals surface area contributed by atoms with Crippen molar-refractivity contribution >= 4 is 22.5 Å². The Morgan fingerprint density at radius 1 is 1.09 bits per heavy atom. The van der Waals surface area contributed by atoms with Crippen LogP contribution in [0.15, 0.2) is 71.8 Å². The maximum absolute atomic E-state index is 5.43. The molecule has 7 heteroatoms. The van der Waals surface area contributed by atoms with Crippen LogP contribution < -0.4 is 15.4 Å². The summed E-state index contributed by atoms with van der Waals surface area (Å²) < 4.78 is 12.9. The molecular formula is C27H25N5O2. The number of hydrogen-bond donors (Lipinski definition) is 2. The van der Waals surface area contributed by atoms with Gasteiger partial charge in [-0.2, -0.15) is 0 Å². The van der Waals surface area contributed by atoms with Crippen molar-refractivity contribution in [1.29, 1.82) is 0 Å². The number of furan rings is 1. The third kappa shape index (κ3) is 3.60. The Kier molecular flexibility index (Phi) is 5.04. The summed E-state index contributed by atoms with van der Waals surface area (Å²) in [5, 5.41) is 7.93. The van der Waals surface area contributed by atoms with Crippen LogP contribution in [0.2, 0.25) is 0 Å². The van der Waals surface area contributed by atoms with E-state index >= 15 is 0 Å². The molecule has 4 heterocycles. The number of hydrogen-bond acceptors (Lipinski definition) is 6. The summed E-state index contributed by atoms with van der Waals surface area (Å²) >= 11 is 0. The van der Waals surface area contributed by atoms with E-state index in [1.165, 1.54) is 11.1 Å². The first-order chi connectivity index (χ1) is 16.7. The van der Waals surface area contributed by atoms with Gasteiger partial charge in [0, 0.05) is 59.8 Å². The van der Waals surface area contributed by atoms with Crippen molar-refractivity contribution in [3.05, 3.63) is 78.5 Å². The summed E-state index contributed by atoms with van der Waals surface area (Å²) in [4.78, 5) is 9.63. The Labute approximate surface area is 197 Å². The SMILES string of the molecule is COc1ccc2c(-c3nc(Nc4ccc5c(c4)CCNC5)ncc3-c3ccoc3)cn(C)c2c1. The molecule has 0 fully saturated rings. The van der Waals surface area contributed by atoms with E-state index in [0.717, 1.165) is 64.2 Å². The van der Waals surface area contributed by atoms with E-state index in [4.69, 9.17) is 14.1 Å². The fraction of sp³-hybridized carbons (Fsp3) is 0.185.